The number of carboxylic acids is 1. The van der Waals surface area contributed by atoms with Crippen LogP contribution in [-0.4, -0.2) is 34.3 Å². The quantitative estimate of drug-likeness (QED) is 0.800. The van der Waals surface area contributed by atoms with Crippen molar-refractivity contribution in [1.82, 2.24) is 4.90 Å². The Hall–Kier alpha value is -2.43. The van der Waals surface area contributed by atoms with E-state index in [9.17, 15) is 14.4 Å². The largest absolute Gasteiger partial charge is 0.481 e. The van der Waals surface area contributed by atoms with E-state index in [1.54, 1.807) is 24.3 Å². The van der Waals surface area contributed by atoms with E-state index in [4.69, 9.17) is 5.11 Å². The Morgan fingerprint density at radius 3 is 2.44 bits per heavy atom. The molecule has 1 aliphatic rings. The fourth-order valence-electron chi connectivity index (χ4n) is 1.75. The molecule has 0 atom stereocenters. The monoisotopic (exact) mass is 245 g/mol. The van der Waals surface area contributed by atoms with Gasteiger partial charge in [-0.1, -0.05) is 30.3 Å². The Bertz CT molecular complexity index is 533. The summed E-state index contributed by atoms with van der Waals surface area (Å²) >= 11 is 0. The molecule has 1 N–H and O–H groups in total. The molecule has 1 aromatic carbocycles. The first-order chi connectivity index (χ1) is 8.59. The Morgan fingerprint density at radius 2 is 1.83 bits per heavy atom. The van der Waals surface area contributed by atoms with Crippen molar-refractivity contribution in [3.8, 4) is 0 Å². The van der Waals surface area contributed by atoms with Gasteiger partial charge in [-0.05, 0) is 5.56 Å². The van der Waals surface area contributed by atoms with E-state index in [1.165, 1.54) is 6.08 Å². The van der Waals surface area contributed by atoms with Crippen LogP contribution in [0.4, 0.5) is 0 Å². The number of aliphatic carboxylic acids is 1. The van der Waals surface area contributed by atoms with Crippen LogP contribution in [0.25, 0.3) is 5.57 Å². The lowest BCUT2D eigenvalue weighted by Gasteiger charge is -2.13. The lowest BCUT2D eigenvalue weighted by atomic mass is 10.1. The van der Waals surface area contributed by atoms with Crippen LogP contribution >= 0.6 is 0 Å². The van der Waals surface area contributed by atoms with Crippen LogP contribution in [0.3, 0.4) is 0 Å². The summed E-state index contributed by atoms with van der Waals surface area (Å²) in [6.45, 7) is -0.0974. The number of amides is 2. The molecule has 1 heterocycles. The smallest absolute Gasteiger partial charge is 0.305 e. The molecule has 0 spiro atoms. The van der Waals surface area contributed by atoms with Gasteiger partial charge in [0.1, 0.15) is 0 Å². The van der Waals surface area contributed by atoms with Gasteiger partial charge < -0.3 is 5.11 Å². The van der Waals surface area contributed by atoms with Crippen molar-refractivity contribution >= 4 is 23.4 Å². The number of nitrogens with zero attached hydrogens (tertiary/aromatic N) is 1. The molecule has 18 heavy (non-hydrogen) atoms. The van der Waals surface area contributed by atoms with Gasteiger partial charge in [0, 0.05) is 12.6 Å². The fraction of sp³-hybridized carbons (Fsp3) is 0.154. The van der Waals surface area contributed by atoms with E-state index >= 15 is 0 Å². The van der Waals surface area contributed by atoms with Crippen LogP contribution in [0, 0.1) is 0 Å². The summed E-state index contributed by atoms with van der Waals surface area (Å²) in [4.78, 5) is 35.0. The van der Waals surface area contributed by atoms with E-state index in [2.05, 4.69) is 0 Å². The molecule has 0 saturated heterocycles. The SMILES string of the molecule is O=C(O)CCN1C(=O)C=C(c2ccccc2)C1=O. The molecule has 1 aromatic rings. The molecule has 0 aromatic heterocycles. The molecular formula is C13H11NO4. The lowest BCUT2D eigenvalue weighted by molar-refractivity contribution is -0.139. The Kier molecular flexibility index (Phi) is 3.23. The average molecular weight is 245 g/mol. The van der Waals surface area contributed by atoms with Gasteiger partial charge in [-0.2, -0.15) is 0 Å². The molecule has 0 unspecified atom stereocenters. The normalized spacial score (nSPS) is 14.9. The van der Waals surface area contributed by atoms with Gasteiger partial charge in [-0.3, -0.25) is 19.3 Å². The molecule has 5 nitrogen and oxygen atoms in total. The number of hydrogen-bond donors (Lipinski definition) is 1. The molecule has 92 valence electrons. The zero-order chi connectivity index (χ0) is 13.1. The third kappa shape index (κ3) is 2.29. The summed E-state index contributed by atoms with van der Waals surface area (Å²) in [6, 6.07) is 8.82. The number of hydrogen-bond acceptors (Lipinski definition) is 3. The van der Waals surface area contributed by atoms with Crippen LogP contribution in [0.1, 0.15) is 12.0 Å². The highest BCUT2D eigenvalue weighted by molar-refractivity contribution is 6.33. The highest BCUT2D eigenvalue weighted by Gasteiger charge is 2.31. The first-order valence-corrected chi connectivity index (χ1v) is 5.44. The summed E-state index contributed by atoms with van der Waals surface area (Å²) < 4.78 is 0. The second-order valence-electron chi connectivity index (χ2n) is 3.86. The number of rotatable bonds is 4. The summed E-state index contributed by atoms with van der Waals surface area (Å²) in [6.07, 6.45) is 1.01. The minimum Gasteiger partial charge on any atom is -0.481 e. The standard InChI is InChI=1S/C13H11NO4/c15-11-8-10(9-4-2-1-3-5-9)13(18)14(11)7-6-12(16)17/h1-5,8H,6-7H2,(H,16,17). The van der Waals surface area contributed by atoms with Crippen LogP contribution in [-0.2, 0) is 14.4 Å². The highest BCUT2D eigenvalue weighted by atomic mass is 16.4. The molecule has 0 fully saturated rings. The minimum absolute atomic E-state index is 0.0974. The number of benzene rings is 1. The minimum atomic E-state index is -1.04. The second kappa shape index (κ2) is 4.83. The molecule has 2 rings (SSSR count). The topological polar surface area (TPSA) is 74.7 Å². The van der Waals surface area contributed by atoms with E-state index in [0.717, 1.165) is 4.90 Å². The first-order valence-electron chi connectivity index (χ1n) is 5.44. The van der Waals surface area contributed by atoms with Crippen molar-refractivity contribution in [1.29, 1.82) is 0 Å². The Morgan fingerprint density at radius 1 is 1.17 bits per heavy atom. The van der Waals surface area contributed by atoms with Gasteiger partial charge >= 0.3 is 5.97 Å². The van der Waals surface area contributed by atoms with Gasteiger partial charge in [-0.15, -0.1) is 0 Å². The van der Waals surface area contributed by atoms with E-state index in [-0.39, 0.29) is 13.0 Å². The molecule has 0 bridgehead atoms. The molecule has 0 radical (unpaired) electrons. The van der Waals surface area contributed by atoms with Gasteiger partial charge in [0.05, 0.1) is 12.0 Å². The summed E-state index contributed by atoms with van der Waals surface area (Å²) in [5.74, 6) is -1.93. The maximum atomic E-state index is 12.0. The van der Waals surface area contributed by atoms with E-state index < -0.39 is 17.8 Å². The van der Waals surface area contributed by atoms with Crippen molar-refractivity contribution in [2.45, 2.75) is 6.42 Å². The average Bonchev–Trinajstić information content (AvgIpc) is 2.63. The fourth-order valence-corrected chi connectivity index (χ4v) is 1.75. The van der Waals surface area contributed by atoms with E-state index in [1.807, 2.05) is 6.07 Å². The number of carbonyl (C=O) groups excluding carboxylic acids is 2. The Labute approximate surface area is 103 Å². The van der Waals surface area contributed by atoms with Crippen LogP contribution in [0.15, 0.2) is 36.4 Å². The lowest BCUT2D eigenvalue weighted by Crippen LogP contribution is -2.32. The van der Waals surface area contributed by atoms with Crippen molar-refractivity contribution in [3.63, 3.8) is 0 Å². The predicted octanol–water partition coefficient (Wildman–Crippen LogP) is 0.913. The molecule has 1 aliphatic heterocycles. The summed E-state index contributed by atoms with van der Waals surface area (Å²) in [5, 5.41) is 8.56. The Balaban J connectivity index is 2.17. The third-order valence-corrected chi connectivity index (χ3v) is 2.64. The van der Waals surface area contributed by atoms with Crippen molar-refractivity contribution in [3.05, 3.63) is 42.0 Å². The molecular weight excluding hydrogens is 234 g/mol. The number of carbonyl (C=O) groups is 3. The maximum Gasteiger partial charge on any atom is 0.305 e. The molecule has 5 heteroatoms. The summed E-state index contributed by atoms with van der Waals surface area (Å²) in [5.41, 5.74) is 0.972. The van der Waals surface area contributed by atoms with Crippen LogP contribution < -0.4 is 0 Å². The zero-order valence-electron chi connectivity index (χ0n) is 9.50. The van der Waals surface area contributed by atoms with E-state index in [0.29, 0.717) is 11.1 Å². The molecule has 0 saturated carbocycles. The predicted molar refractivity (Wildman–Crippen MR) is 63.4 cm³/mol. The zero-order valence-corrected chi connectivity index (χ0v) is 9.50. The van der Waals surface area contributed by atoms with Crippen LogP contribution in [0.2, 0.25) is 0 Å². The van der Waals surface area contributed by atoms with Gasteiger partial charge in [0.15, 0.2) is 0 Å². The third-order valence-electron chi connectivity index (χ3n) is 2.64. The molecule has 2 amide bonds. The van der Waals surface area contributed by atoms with Gasteiger partial charge in [0.2, 0.25) is 0 Å². The maximum absolute atomic E-state index is 12.0. The van der Waals surface area contributed by atoms with Gasteiger partial charge in [-0.25, -0.2) is 0 Å². The second-order valence-corrected chi connectivity index (χ2v) is 3.86. The van der Waals surface area contributed by atoms with Crippen molar-refractivity contribution in [2.24, 2.45) is 0 Å². The van der Waals surface area contributed by atoms with Crippen LogP contribution in [0.5, 0.6) is 0 Å². The van der Waals surface area contributed by atoms with Crippen molar-refractivity contribution < 1.29 is 19.5 Å². The highest BCUT2D eigenvalue weighted by Crippen LogP contribution is 2.23. The number of imide groups is 1. The summed E-state index contributed by atoms with van der Waals surface area (Å²) in [7, 11) is 0. The van der Waals surface area contributed by atoms with Crippen molar-refractivity contribution in [2.75, 3.05) is 6.54 Å². The number of carboxylic acid groups (broad SMARTS) is 1. The first kappa shape index (κ1) is 12.0. The van der Waals surface area contributed by atoms with Gasteiger partial charge in [0.25, 0.3) is 11.8 Å². The molecule has 0 aliphatic carbocycles.